The minimum absolute atomic E-state index is 0.208. The Morgan fingerprint density at radius 2 is 2.16 bits per heavy atom. The van der Waals surface area contributed by atoms with Crippen LogP contribution in [0.4, 0.5) is 0 Å². The van der Waals surface area contributed by atoms with E-state index in [0.717, 1.165) is 23.1 Å². The van der Waals surface area contributed by atoms with Gasteiger partial charge in [0.1, 0.15) is 5.75 Å². The molecule has 0 spiro atoms. The summed E-state index contributed by atoms with van der Waals surface area (Å²) in [5, 5.41) is 9.89. The number of carboxylic acid groups (broad SMARTS) is 1. The lowest BCUT2D eigenvalue weighted by Crippen LogP contribution is -1.97. The predicted octanol–water partition coefficient (Wildman–Crippen LogP) is 2.90. The summed E-state index contributed by atoms with van der Waals surface area (Å²) < 4.78 is 7.41. The van der Waals surface area contributed by atoms with Crippen LogP contribution in [0.1, 0.15) is 24.1 Å². The quantitative estimate of drug-likeness (QED) is 0.900. The van der Waals surface area contributed by atoms with Crippen LogP contribution in [-0.2, 0) is 18.3 Å². The average molecular weight is 261 g/mol. The fraction of sp³-hybridized carbons (Fsp3) is 0.400. The summed E-state index contributed by atoms with van der Waals surface area (Å²) in [4.78, 5) is 10.6. The van der Waals surface area contributed by atoms with E-state index in [1.54, 1.807) is 7.11 Å². The first-order valence-electron chi connectivity index (χ1n) is 6.38. The fourth-order valence-electron chi connectivity index (χ4n) is 2.49. The van der Waals surface area contributed by atoms with Crippen LogP contribution in [0.5, 0.6) is 5.75 Å². The number of hydrogen-bond donors (Lipinski definition) is 1. The number of fused-ring (bicyclic) bond motifs is 1. The SMILES string of the molecule is COc1ccc2c(c1)c(CCCC(=O)O)c(C)n2C. The zero-order chi connectivity index (χ0) is 14.0. The molecule has 4 heteroatoms. The summed E-state index contributed by atoms with van der Waals surface area (Å²) >= 11 is 0. The fourth-order valence-corrected chi connectivity index (χ4v) is 2.49. The second kappa shape index (κ2) is 5.34. The molecule has 0 bridgehead atoms. The van der Waals surface area contributed by atoms with Gasteiger partial charge in [-0.3, -0.25) is 4.79 Å². The van der Waals surface area contributed by atoms with Crippen LogP contribution in [0.25, 0.3) is 10.9 Å². The molecule has 2 aromatic rings. The lowest BCUT2D eigenvalue weighted by atomic mass is 10.0. The molecule has 0 saturated carbocycles. The highest BCUT2D eigenvalue weighted by Gasteiger charge is 2.12. The number of aryl methyl sites for hydroxylation is 2. The summed E-state index contributed by atoms with van der Waals surface area (Å²) in [6, 6.07) is 6.02. The van der Waals surface area contributed by atoms with E-state index in [4.69, 9.17) is 9.84 Å². The van der Waals surface area contributed by atoms with Crippen molar-refractivity contribution in [1.29, 1.82) is 0 Å². The molecule has 1 heterocycles. The van der Waals surface area contributed by atoms with Gasteiger partial charge in [0.15, 0.2) is 0 Å². The van der Waals surface area contributed by atoms with Gasteiger partial charge in [-0.1, -0.05) is 0 Å². The number of hydrogen-bond acceptors (Lipinski definition) is 2. The number of benzene rings is 1. The first-order chi connectivity index (χ1) is 9.04. The van der Waals surface area contributed by atoms with Gasteiger partial charge in [0.25, 0.3) is 0 Å². The van der Waals surface area contributed by atoms with Gasteiger partial charge in [-0.25, -0.2) is 0 Å². The molecule has 102 valence electrons. The summed E-state index contributed by atoms with van der Waals surface area (Å²) in [7, 11) is 3.69. The molecular weight excluding hydrogens is 242 g/mol. The van der Waals surface area contributed by atoms with Crippen LogP contribution < -0.4 is 4.74 Å². The van der Waals surface area contributed by atoms with E-state index in [9.17, 15) is 4.79 Å². The van der Waals surface area contributed by atoms with Gasteiger partial charge in [-0.15, -0.1) is 0 Å². The van der Waals surface area contributed by atoms with Crippen LogP contribution >= 0.6 is 0 Å². The van der Waals surface area contributed by atoms with Crippen molar-refractivity contribution in [3.05, 3.63) is 29.5 Å². The Morgan fingerprint density at radius 3 is 2.79 bits per heavy atom. The lowest BCUT2D eigenvalue weighted by molar-refractivity contribution is -0.137. The maximum absolute atomic E-state index is 10.6. The molecule has 0 amide bonds. The second-order valence-corrected chi connectivity index (χ2v) is 4.75. The van der Waals surface area contributed by atoms with Crippen molar-refractivity contribution in [3.63, 3.8) is 0 Å². The normalized spacial score (nSPS) is 10.9. The Balaban J connectivity index is 2.40. The Morgan fingerprint density at radius 1 is 1.42 bits per heavy atom. The van der Waals surface area contributed by atoms with Gasteiger partial charge in [0, 0.05) is 30.1 Å². The smallest absolute Gasteiger partial charge is 0.303 e. The second-order valence-electron chi connectivity index (χ2n) is 4.75. The van der Waals surface area contributed by atoms with E-state index in [1.165, 1.54) is 11.3 Å². The van der Waals surface area contributed by atoms with Gasteiger partial charge < -0.3 is 14.4 Å². The number of nitrogens with zero attached hydrogens (tertiary/aromatic N) is 1. The van der Waals surface area contributed by atoms with Gasteiger partial charge in [0.2, 0.25) is 0 Å². The summed E-state index contributed by atoms with van der Waals surface area (Å²) in [5.41, 5.74) is 3.56. The summed E-state index contributed by atoms with van der Waals surface area (Å²) in [6.07, 6.45) is 1.65. The highest BCUT2D eigenvalue weighted by molar-refractivity contribution is 5.87. The van der Waals surface area contributed by atoms with E-state index in [1.807, 2.05) is 25.2 Å². The van der Waals surface area contributed by atoms with Gasteiger partial charge in [-0.2, -0.15) is 0 Å². The maximum atomic E-state index is 10.6. The Labute approximate surface area is 112 Å². The van der Waals surface area contributed by atoms with Crippen molar-refractivity contribution in [3.8, 4) is 5.75 Å². The van der Waals surface area contributed by atoms with Crippen LogP contribution in [-0.4, -0.2) is 22.8 Å². The molecule has 1 N–H and O–H groups in total. The van der Waals surface area contributed by atoms with Crippen molar-refractivity contribution >= 4 is 16.9 Å². The number of rotatable bonds is 5. The molecule has 19 heavy (non-hydrogen) atoms. The predicted molar refractivity (Wildman–Crippen MR) is 74.8 cm³/mol. The minimum Gasteiger partial charge on any atom is -0.497 e. The highest BCUT2D eigenvalue weighted by Crippen LogP contribution is 2.29. The molecule has 2 rings (SSSR count). The number of aromatic nitrogens is 1. The van der Waals surface area contributed by atoms with E-state index < -0.39 is 5.97 Å². The van der Waals surface area contributed by atoms with E-state index in [2.05, 4.69) is 11.5 Å². The van der Waals surface area contributed by atoms with Crippen molar-refractivity contribution in [2.45, 2.75) is 26.2 Å². The highest BCUT2D eigenvalue weighted by atomic mass is 16.5. The Hall–Kier alpha value is -1.97. The molecule has 0 radical (unpaired) electrons. The van der Waals surface area contributed by atoms with Gasteiger partial charge >= 0.3 is 5.97 Å². The monoisotopic (exact) mass is 261 g/mol. The average Bonchev–Trinajstić information content (AvgIpc) is 2.63. The van der Waals surface area contributed by atoms with Crippen molar-refractivity contribution in [1.82, 2.24) is 4.57 Å². The third-order valence-corrected chi connectivity index (χ3v) is 3.65. The van der Waals surface area contributed by atoms with Crippen molar-refractivity contribution in [2.75, 3.05) is 7.11 Å². The molecule has 0 fully saturated rings. The lowest BCUT2D eigenvalue weighted by Gasteiger charge is -2.02. The number of ether oxygens (including phenoxy) is 1. The molecule has 1 aromatic carbocycles. The zero-order valence-corrected chi connectivity index (χ0v) is 11.6. The third kappa shape index (κ3) is 2.57. The molecule has 4 nitrogen and oxygen atoms in total. The molecule has 0 aliphatic heterocycles. The molecule has 0 atom stereocenters. The van der Waals surface area contributed by atoms with Gasteiger partial charge in [0.05, 0.1) is 7.11 Å². The summed E-state index contributed by atoms with van der Waals surface area (Å²) in [6.45, 7) is 2.07. The topological polar surface area (TPSA) is 51.5 Å². The number of methoxy groups -OCH3 is 1. The minimum atomic E-state index is -0.740. The Bertz CT molecular complexity index is 613. The van der Waals surface area contributed by atoms with E-state index in [0.29, 0.717) is 6.42 Å². The first-order valence-corrected chi connectivity index (χ1v) is 6.38. The maximum Gasteiger partial charge on any atom is 0.303 e. The van der Waals surface area contributed by atoms with Crippen LogP contribution in [0.15, 0.2) is 18.2 Å². The summed E-state index contributed by atoms with van der Waals surface area (Å²) in [5.74, 6) is 0.0908. The molecular formula is C15H19NO3. The molecule has 0 saturated heterocycles. The van der Waals surface area contributed by atoms with E-state index in [-0.39, 0.29) is 6.42 Å². The van der Waals surface area contributed by atoms with Gasteiger partial charge in [-0.05, 0) is 43.5 Å². The number of carbonyl (C=O) groups is 1. The largest absolute Gasteiger partial charge is 0.497 e. The third-order valence-electron chi connectivity index (χ3n) is 3.65. The van der Waals surface area contributed by atoms with Crippen molar-refractivity contribution < 1.29 is 14.6 Å². The zero-order valence-electron chi connectivity index (χ0n) is 11.6. The van der Waals surface area contributed by atoms with E-state index >= 15 is 0 Å². The molecule has 0 aliphatic carbocycles. The number of carboxylic acids is 1. The van der Waals surface area contributed by atoms with Crippen LogP contribution in [0.2, 0.25) is 0 Å². The number of aliphatic carboxylic acids is 1. The molecule has 0 unspecified atom stereocenters. The van der Waals surface area contributed by atoms with Crippen LogP contribution in [0, 0.1) is 6.92 Å². The first kappa shape index (κ1) is 13.5. The van der Waals surface area contributed by atoms with Crippen molar-refractivity contribution in [2.24, 2.45) is 7.05 Å². The van der Waals surface area contributed by atoms with Crippen LogP contribution in [0.3, 0.4) is 0 Å². The molecule has 1 aromatic heterocycles. The standard InChI is InChI=1S/C15H19NO3/c1-10-12(5-4-6-15(17)18)13-9-11(19-3)7-8-14(13)16(10)2/h7-9H,4-6H2,1-3H3,(H,17,18). The Kier molecular flexibility index (Phi) is 3.79. The molecule has 0 aliphatic rings.